The van der Waals surface area contributed by atoms with Crippen LogP contribution >= 0.6 is 0 Å². The third-order valence-electron chi connectivity index (χ3n) is 3.66. The maximum atomic E-state index is 13.0. The highest BCUT2D eigenvalue weighted by Gasteiger charge is 2.11. The largest absolute Gasteiger partial charge is 0.340 e. The van der Waals surface area contributed by atoms with Crippen molar-refractivity contribution in [3.05, 3.63) is 78.0 Å². The highest BCUT2D eigenvalue weighted by Crippen LogP contribution is 2.18. The summed E-state index contributed by atoms with van der Waals surface area (Å²) >= 11 is 0. The van der Waals surface area contributed by atoms with Crippen molar-refractivity contribution in [2.45, 2.75) is 13.3 Å². The van der Waals surface area contributed by atoms with E-state index in [4.69, 9.17) is 0 Å². The van der Waals surface area contributed by atoms with Gasteiger partial charge in [0.05, 0.1) is 0 Å². The normalized spacial score (nSPS) is 10.3. The number of carbonyl (C=O) groups excluding carboxylic acids is 1. The fourth-order valence-electron chi connectivity index (χ4n) is 2.37. The number of rotatable bonds is 5. The molecule has 0 saturated carbocycles. The minimum atomic E-state index is -0.317. The molecule has 0 radical (unpaired) electrons. The molecule has 3 aromatic rings. The third-order valence-corrected chi connectivity index (χ3v) is 3.66. The van der Waals surface area contributed by atoms with Crippen LogP contribution in [0.15, 0.2) is 60.9 Å². The van der Waals surface area contributed by atoms with Gasteiger partial charge in [-0.25, -0.2) is 14.4 Å². The summed E-state index contributed by atoms with van der Waals surface area (Å²) in [6.45, 7) is 2.03. The molecule has 1 aromatic heterocycles. The molecule has 5 nitrogen and oxygen atoms in total. The molecule has 0 unspecified atom stereocenters. The number of hydrogen-bond donors (Lipinski definition) is 2. The lowest BCUT2D eigenvalue weighted by molar-refractivity contribution is 0.102. The molecule has 3 rings (SSSR count). The molecule has 25 heavy (non-hydrogen) atoms. The Morgan fingerprint density at radius 2 is 1.84 bits per heavy atom. The highest BCUT2D eigenvalue weighted by molar-refractivity contribution is 6.03. The van der Waals surface area contributed by atoms with Crippen LogP contribution in [0.5, 0.6) is 0 Å². The zero-order valence-corrected chi connectivity index (χ0v) is 13.7. The minimum Gasteiger partial charge on any atom is -0.340 e. The molecule has 0 aliphatic carbocycles. The average molecular weight is 336 g/mol. The number of benzene rings is 2. The lowest BCUT2D eigenvalue weighted by Gasteiger charge is -2.10. The van der Waals surface area contributed by atoms with Gasteiger partial charge in [-0.15, -0.1) is 0 Å². The second-order valence-electron chi connectivity index (χ2n) is 5.39. The van der Waals surface area contributed by atoms with Crippen molar-refractivity contribution < 1.29 is 9.18 Å². The molecule has 2 N–H and O–H groups in total. The molecule has 1 amide bonds. The Hall–Kier alpha value is -3.28. The molecule has 0 saturated heterocycles. The summed E-state index contributed by atoms with van der Waals surface area (Å²) in [5.74, 6) is -0.177. The number of amides is 1. The van der Waals surface area contributed by atoms with E-state index in [1.165, 1.54) is 18.5 Å². The summed E-state index contributed by atoms with van der Waals surface area (Å²) in [5.41, 5.74) is 2.73. The van der Waals surface area contributed by atoms with Crippen LogP contribution in [-0.2, 0) is 6.42 Å². The fraction of sp³-hybridized carbons (Fsp3) is 0.105. The molecule has 0 aliphatic rings. The number of para-hydroxylation sites is 1. The van der Waals surface area contributed by atoms with E-state index >= 15 is 0 Å². The van der Waals surface area contributed by atoms with E-state index < -0.39 is 0 Å². The van der Waals surface area contributed by atoms with Gasteiger partial charge in [0.15, 0.2) is 0 Å². The monoisotopic (exact) mass is 336 g/mol. The lowest BCUT2D eigenvalue weighted by atomic mass is 10.1. The minimum absolute atomic E-state index is 0.241. The first-order valence-corrected chi connectivity index (χ1v) is 7.89. The Morgan fingerprint density at radius 1 is 1.08 bits per heavy atom. The van der Waals surface area contributed by atoms with E-state index in [9.17, 15) is 9.18 Å². The summed E-state index contributed by atoms with van der Waals surface area (Å²) in [7, 11) is 0. The van der Waals surface area contributed by atoms with Crippen molar-refractivity contribution in [3.8, 4) is 0 Å². The van der Waals surface area contributed by atoms with E-state index in [2.05, 4.69) is 20.6 Å². The second-order valence-corrected chi connectivity index (χ2v) is 5.39. The molecule has 0 atom stereocenters. The van der Waals surface area contributed by atoms with Crippen LogP contribution in [-0.4, -0.2) is 15.9 Å². The van der Waals surface area contributed by atoms with Gasteiger partial charge in [0.2, 0.25) is 0 Å². The van der Waals surface area contributed by atoms with E-state index in [-0.39, 0.29) is 17.4 Å². The zero-order valence-electron chi connectivity index (χ0n) is 13.7. The smallest absolute Gasteiger partial charge is 0.274 e. The van der Waals surface area contributed by atoms with Crippen molar-refractivity contribution in [3.63, 3.8) is 0 Å². The van der Waals surface area contributed by atoms with Gasteiger partial charge in [-0.05, 0) is 42.3 Å². The summed E-state index contributed by atoms with van der Waals surface area (Å²) < 4.78 is 13.0. The standard InChI is InChI=1S/C19H17FN4O/c1-2-13-5-3-4-6-16(13)24-19(25)17-11-18(22-12-21-17)23-15-9-7-14(20)8-10-15/h3-12H,2H2,1H3,(H,24,25)(H,21,22,23). The highest BCUT2D eigenvalue weighted by atomic mass is 19.1. The molecule has 1 heterocycles. The number of nitrogens with one attached hydrogen (secondary N) is 2. The first kappa shape index (κ1) is 16.6. The van der Waals surface area contributed by atoms with Gasteiger partial charge in [0.25, 0.3) is 5.91 Å². The van der Waals surface area contributed by atoms with Gasteiger partial charge < -0.3 is 10.6 Å². The van der Waals surface area contributed by atoms with Crippen LogP contribution in [0.1, 0.15) is 23.0 Å². The first-order valence-electron chi connectivity index (χ1n) is 7.89. The Bertz CT molecular complexity index is 881. The zero-order chi connectivity index (χ0) is 17.6. The average Bonchev–Trinajstić information content (AvgIpc) is 2.64. The van der Waals surface area contributed by atoms with E-state index in [0.717, 1.165) is 17.7 Å². The van der Waals surface area contributed by atoms with Crippen molar-refractivity contribution >= 4 is 23.1 Å². The number of aromatic nitrogens is 2. The summed E-state index contributed by atoms with van der Waals surface area (Å²) in [4.78, 5) is 20.6. The molecule has 0 fully saturated rings. The van der Waals surface area contributed by atoms with Crippen molar-refractivity contribution in [2.24, 2.45) is 0 Å². The number of nitrogens with zero attached hydrogens (tertiary/aromatic N) is 2. The number of carbonyl (C=O) groups is 1. The van der Waals surface area contributed by atoms with Crippen LogP contribution in [0.2, 0.25) is 0 Å². The summed E-state index contributed by atoms with van der Waals surface area (Å²) in [5, 5.41) is 5.88. The molecular weight excluding hydrogens is 319 g/mol. The van der Waals surface area contributed by atoms with Crippen LogP contribution in [0, 0.1) is 5.82 Å². The van der Waals surface area contributed by atoms with E-state index in [0.29, 0.717) is 11.5 Å². The number of hydrogen-bond acceptors (Lipinski definition) is 4. The van der Waals surface area contributed by atoms with Crippen LogP contribution < -0.4 is 10.6 Å². The van der Waals surface area contributed by atoms with Gasteiger partial charge in [-0.1, -0.05) is 25.1 Å². The maximum absolute atomic E-state index is 13.0. The van der Waals surface area contributed by atoms with Gasteiger partial charge >= 0.3 is 0 Å². The van der Waals surface area contributed by atoms with Crippen LogP contribution in [0.4, 0.5) is 21.6 Å². The lowest BCUT2D eigenvalue weighted by Crippen LogP contribution is -2.15. The van der Waals surface area contributed by atoms with Crippen LogP contribution in [0.25, 0.3) is 0 Å². The number of halogens is 1. The quantitative estimate of drug-likeness (QED) is 0.734. The SMILES string of the molecule is CCc1ccccc1NC(=O)c1cc(Nc2ccc(F)cc2)ncn1. The van der Waals surface area contributed by atoms with E-state index in [1.54, 1.807) is 18.2 Å². The van der Waals surface area contributed by atoms with Gasteiger partial charge in [-0.2, -0.15) is 0 Å². The molecule has 2 aromatic carbocycles. The fourth-order valence-corrected chi connectivity index (χ4v) is 2.37. The maximum Gasteiger partial charge on any atom is 0.274 e. The van der Waals surface area contributed by atoms with Crippen molar-refractivity contribution in [1.29, 1.82) is 0 Å². The van der Waals surface area contributed by atoms with Crippen molar-refractivity contribution in [2.75, 3.05) is 10.6 Å². The number of aryl methyl sites for hydroxylation is 1. The molecule has 0 bridgehead atoms. The molecular formula is C19H17FN4O. The Balaban J connectivity index is 1.76. The van der Waals surface area contributed by atoms with Crippen molar-refractivity contribution in [1.82, 2.24) is 9.97 Å². The first-order chi connectivity index (χ1) is 12.2. The Morgan fingerprint density at radius 3 is 2.60 bits per heavy atom. The summed E-state index contributed by atoms with van der Waals surface area (Å²) in [6, 6.07) is 15.1. The van der Waals surface area contributed by atoms with Gasteiger partial charge in [0, 0.05) is 17.4 Å². The predicted molar refractivity (Wildman–Crippen MR) is 95.5 cm³/mol. The number of anilines is 3. The van der Waals surface area contributed by atoms with Crippen LogP contribution in [0.3, 0.4) is 0 Å². The molecule has 126 valence electrons. The predicted octanol–water partition coefficient (Wildman–Crippen LogP) is 4.17. The molecule has 0 aliphatic heterocycles. The summed E-state index contributed by atoms with van der Waals surface area (Å²) in [6.07, 6.45) is 2.13. The molecule has 6 heteroatoms. The Kier molecular flexibility index (Phi) is 4.99. The van der Waals surface area contributed by atoms with Gasteiger partial charge in [-0.3, -0.25) is 4.79 Å². The Labute approximate surface area is 145 Å². The second kappa shape index (κ2) is 7.53. The topological polar surface area (TPSA) is 66.9 Å². The van der Waals surface area contributed by atoms with E-state index in [1.807, 2.05) is 31.2 Å². The van der Waals surface area contributed by atoms with Gasteiger partial charge in [0.1, 0.15) is 23.7 Å². The third kappa shape index (κ3) is 4.17. The molecule has 0 spiro atoms.